The fraction of sp³-hybridized carbons (Fsp3) is 0.250. The van der Waals surface area contributed by atoms with Crippen LogP contribution in [0.1, 0.15) is 18.1 Å². The molecule has 0 atom stereocenters. The van der Waals surface area contributed by atoms with Gasteiger partial charge in [0.05, 0.1) is 6.20 Å². The van der Waals surface area contributed by atoms with E-state index in [-0.39, 0.29) is 5.91 Å². The molecule has 5 heteroatoms. The number of nitrogens with one attached hydrogen (secondary N) is 2. The van der Waals surface area contributed by atoms with E-state index in [1.165, 1.54) is 6.08 Å². The first-order valence-corrected chi connectivity index (χ1v) is 6.89. The third-order valence-electron chi connectivity index (χ3n) is 3.18. The molecule has 5 nitrogen and oxygen atoms in total. The van der Waals surface area contributed by atoms with Crippen LogP contribution in [0.5, 0.6) is 0 Å². The topological polar surface area (TPSA) is 61.0 Å². The van der Waals surface area contributed by atoms with Crippen LogP contribution in [0.15, 0.2) is 36.5 Å². The molecule has 110 valence electrons. The van der Waals surface area contributed by atoms with E-state index in [4.69, 9.17) is 0 Å². The highest BCUT2D eigenvalue weighted by Gasteiger charge is 2.05. The lowest BCUT2D eigenvalue weighted by molar-refractivity contribution is -0.111. The molecular weight excluding hydrogens is 264 g/mol. The zero-order valence-corrected chi connectivity index (χ0v) is 12.6. The lowest BCUT2D eigenvalue weighted by atomic mass is 10.2. The summed E-state index contributed by atoms with van der Waals surface area (Å²) >= 11 is 0. The van der Waals surface area contributed by atoms with E-state index in [1.54, 1.807) is 12.3 Å². The maximum atomic E-state index is 11.9. The number of aromatic amines is 1. The van der Waals surface area contributed by atoms with Crippen LogP contribution < -0.4 is 10.2 Å². The van der Waals surface area contributed by atoms with Crippen LogP contribution in [0.3, 0.4) is 0 Å². The molecule has 0 saturated carbocycles. The van der Waals surface area contributed by atoms with Gasteiger partial charge in [-0.25, -0.2) is 0 Å². The Bertz CT molecular complexity index is 626. The molecule has 0 spiro atoms. The first kappa shape index (κ1) is 14.8. The van der Waals surface area contributed by atoms with Gasteiger partial charge in [0.1, 0.15) is 5.82 Å². The van der Waals surface area contributed by atoms with Crippen molar-refractivity contribution in [1.82, 2.24) is 10.2 Å². The van der Waals surface area contributed by atoms with Crippen LogP contribution in [0.4, 0.5) is 11.5 Å². The van der Waals surface area contributed by atoms with E-state index in [0.29, 0.717) is 5.82 Å². The van der Waals surface area contributed by atoms with Crippen molar-refractivity contribution in [3.05, 3.63) is 47.7 Å². The number of anilines is 2. The van der Waals surface area contributed by atoms with Gasteiger partial charge < -0.3 is 10.2 Å². The Balaban J connectivity index is 1.98. The number of amides is 1. The molecule has 0 bridgehead atoms. The Morgan fingerprint density at radius 1 is 1.33 bits per heavy atom. The molecule has 0 unspecified atom stereocenters. The maximum absolute atomic E-state index is 11.9. The standard InChI is InChI=1S/C16H20N4O/c1-4-13-11-17-19-16(13)18-15(21)10-7-12-5-8-14(9-6-12)20(2)3/h5-11H,4H2,1-3H3,(H2,17,18,19,21)/b10-7+. The summed E-state index contributed by atoms with van der Waals surface area (Å²) in [4.78, 5) is 13.9. The van der Waals surface area contributed by atoms with Crippen LogP contribution >= 0.6 is 0 Å². The number of carbonyl (C=O) groups excluding carboxylic acids is 1. The molecule has 0 saturated heterocycles. The lowest BCUT2D eigenvalue weighted by Gasteiger charge is -2.11. The maximum Gasteiger partial charge on any atom is 0.249 e. The number of nitrogens with zero attached hydrogens (tertiary/aromatic N) is 2. The highest BCUT2D eigenvalue weighted by atomic mass is 16.1. The first-order chi connectivity index (χ1) is 10.1. The predicted octanol–water partition coefficient (Wildman–Crippen LogP) is 2.69. The zero-order chi connectivity index (χ0) is 15.2. The summed E-state index contributed by atoms with van der Waals surface area (Å²) < 4.78 is 0. The van der Waals surface area contributed by atoms with Crippen LogP contribution in [-0.2, 0) is 11.2 Å². The molecular formula is C16H20N4O. The van der Waals surface area contributed by atoms with Crippen molar-refractivity contribution in [1.29, 1.82) is 0 Å². The van der Waals surface area contributed by atoms with E-state index in [1.807, 2.05) is 50.2 Å². The minimum absolute atomic E-state index is 0.175. The van der Waals surface area contributed by atoms with Crippen LogP contribution in [-0.4, -0.2) is 30.2 Å². The molecule has 21 heavy (non-hydrogen) atoms. The number of aryl methyl sites for hydroxylation is 1. The SMILES string of the molecule is CCc1cn[nH]c1NC(=O)/C=C/c1ccc(N(C)C)cc1. The summed E-state index contributed by atoms with van der Waals surface area (Å²) in [6, 6.07) is 7.99. The third kappa shape index (κ3) is 3.95. The van der Waals surface area contributed by atoms with E-state index in [2.05, 4.69) is 15.5 Å². The Hall–Kier alpha value is -2.56. The lowest BCUT2D eigenvalue weighted by Crippen LogP contribution is -2.09. The number of carbonyl (C=O) groups is 1. The second kappa shape index (κ2) is 6.74. The summed E-state index contributed by atoms with van der Waals surface area (Å²) in [6.45, 7) is 2.02. The largest absolute Gasteiger partial charge is 0.378 e. The molecule has 1 amide bonds. The molecule has 1 aromatic heterocycles. The van der Waals surface area contributed by atoms with Crippen LogP contribution in [0.2, 0.25) is 0 Å². The first-order valence-electron chi connectivity index (χ1n) is 6.89. The van der Waals surface area contributed by atoms with Crippen molar-refractivity contribution in [3.8, 4) is 0 Å². The Labute approximate surface area is 124 Å². The number of rotatable bonds is 5. The number of hydrogen-bond donors (Lipinski definition) is 2. The second-order valence-corrected chi connectivity index (χ2v) is 4.93. The van der Waals surface area contributed by atoms with Gasteiger partial charge in [-0.05, 0) is 30.2 Å². The van der Waals surface area contributed by atoms with Gasteiger partial charge in [-0.2, -0.15) is 5.10 Å². The molecule has 0 aliphatic carbocycles. The number of aromatic nitrogens is 2. The molecule has 0 aliphatic rings. The average molecular weight is 284 g/mol. The van der Waals surface area contributed by atoms with Gasteiger partial charge in [0.2, 0.25) is 5.91 Å². The van der Waals surface area contributed by atoms with Crippen LogP contribution in [0, 0.1) is 0 Å². The fourth-order valence-corrected chi connectivity index (χ4v) is 1.91. The van der Waals surface area contributed by atoms with Crippen molar-refractivity contribution in [2.24, 2.45) is 0 Å². The Morgan fingerprint density at radius 3 is 2.67 bits per heavy atom. The van der Waals surface area contributed by atoms with Gasteiger partial charge in [0.15, 0.2) is 0 Å². The number of H-pyrrole nitrogens is 1. The highest BCUT2D eigenvalue weighted by Crippen LogP contribution is 2.14. The fourth-order valence-electron chi connectivity index (χ4n) is 1.91. The number of hydrogen-bond acceptors (Lipinski definition) is 3. The van der Waals surface area contributed by atoms with E-state index >= 15 is 0 Å². The second-order valence-electron chi connectivity index (χ2n) is 4.93. The molecule has 1 aromatic carbocycles. The molecule has 1 heterocycles. The third-order valence-corrected chi connectivity index (χ3v) is 3.18. The predicted molar refractivity (Wildman–Crippen MR) is 86.4 cm³/mol. The minimum Gasteiger partial charge on any atom is -0.378 e. The van der Waals surface area contributed by atoms with Gasteiger partial charge in [0.25, 0.3) is 0 Å². The summed E-state index contributed by atoms with van der Waals surface area (Å²) in [7, 11) is 3.99. The van der Waals surface area contributed by atoms with Gasteiger partial charge >= 0.3 is 0 Å². The normalized spacial score (nSPS) is 10.8. The van der Waals surface area contributed by atoms with Crippen molar-refractivity contribution in [2.75, 3.05) is 24.3 Å². The van der Waals surface area contributed by atoms with Gasteiger partial charge in [-0.3, -0.25) is 9.89 Å². The quantitative estimate of drug-likeness (QED) is 0.830. The number of benzene rings is 1. The van der Waals surface area contributed by atoms with E-state index < -0.39 is 0 Å². The van der Waals surface area contributed by atoms with Gasteiger partial charge in [0, 0.05) is 31.4 Å². The monoisotopic (exact) mass is 284 g/mol. The van der Waals surface area contributed by atoms with Gasteiger partial charge in [-0.1, -0.05) is 19.1 Å². The minimum atomic E-state index is -0.175. The molecule has 2 N–H and O–H groups in total. The average Bonchev–Trinajstić information content (AvgIpc) is 2.92. The molecule has 2 aromatic rings. The van der Waals surface area contributed by atoms with Crippen molar-refractivity contribution in [2.45, 2.75) is 13.3 Å². The summed E-state index contributed by atoms with van der Waals surface area (Å²) in [5, 5.41) is 9.50. The summed E-state index contributed by atoms with van der Waals surface area (Å²) in [5.41, 5.74) is 3.10. The summed E-state index contributed by atoms with van der Waals surface area (Å²) in [5.74, 6) is 0.487. The van der Waals surface area contributed by atoms with Crippen LogP contribution in [0.25, 0.3) is 6.08 Å². The van der Waals surface area contributed by atoms with E-state index in [0.717, 1.165) is 23.2 Å². The Kier molecular flexibility index (Phi) is 4.77. The Morgan fingerprint density at radius 2 is 2.05 bits per heavy atom. The van der Waals surface area contributed by atoms with E-state index in [9.17, 15) is 4.79 Å². The zero-order valence-electron chi connectivity index (χ0n) is 12.6. The molecule has 0 aliphatic heterocycles. The highest BCUT2D eigenvalue weighted by molar-refractivity contribution is 6.01. The van der Waals surface area contributed by atoms with Crippen molar-refractivity contribution < 1.29 is 4.79 Å². The van der Waals surface area contributed by atoms with Crippen molar-refractivity contribution in [3.63, 3.8) is 0 Å². The smallest absolute Gasteiger partial charge is 0.249 e. The van der Waals surface area contributed by atoms with Gasteiger partial charge in [-0.15, -0.1) is 0 Å². The molecule has 0 fully saturated rings. The summed E-state index contributed by atoms with van der Waals surface area (Å²) in [6.07, 6.45) is 5.85. The van der Waals surface area contributed by atoms with Crippen molar-refractivity contribution >= 4 is 23.5 Å². The molecule has 2 rings (SSSR count). The molecule has 0 radical (unpaired) electrons.